The van der Waals surface area contributed by atoms with Gasteiger partial charge in [0.25, 0.3) is 0 Å². The molecule has 18 heavy (non-hydrogen) atoms. The average Bonchev–Trinajstić information content (AvgIpc) is 2.93. The van der Waals surface area contributed by atoms with E-state index < -0.39 is 0 Å². The number of rotatable bonds is 2. The Kier molecular flexibility index (Phi) is 2.99. The fourth-order valence-electron chi connectivity index (χ4n) is 2.13. The maximum absolute atomic E-state index is 12.5. The summed E-state index contributed by atoms with van der Waals surface area (Å²) in [6.45, 7) is 2.45. The Labute approximate surface area is 118 Å². The first kappa shape index (κ1) is 11.9. The Hall–Kier alpha value is -1.13. The van der Waals surface area contributed by atoms with Gasteiger partial charge in [0.15, 0.2) is 5.78 Å². The minimum atomic E-state index is -0.161. The molecule has 1 atom stereocenters. The van der Waals surface area contributed by atoms with E-state index in [0.29, 0.717) is 6.61 Å². The summed E-state index contributed by atoms with van der Waals surface area (Å²) in [5, 5.41) is 0. The predicted molar refractivity (Wildman–Crippen MR) is 75.8 cm³/mol. The smallest absolute Gasteiger partial charge is 0.183 e. The summed E-state index contributed by atoms with van der Waals surface area (Å²) in [7, 11) is 0. The molecule has 0 saturated heterocycles. The summed E-state index contributed by atoms with van der Waals surface area (Å²) in [6, 6.07) is 9.71. The van der Waals surface area contributed by atoms with Crippen LogP contribution in [0.4, 0.5) is 0 Å². The first-order valence-electron chi connectivity index (χ1n) is 5.68. The lowest BCUT2D eigenvalue weighted by Crippen LogP contribution is -2.12. The van der Waals surface area contributed by atoms with Gasteiger partial charge in [0.1, 0.15) is 12.4 Å². The summed E-state index contributed by atoms with van der Waals surface area (Å²) >= 11 is 4.96. The molecule has 4 heteroatoms. The molecule has 1 aromatic carbocycles. The van der Waals surface area contributed by atoms with Gasteiger partial charge in [0, 0.05) is 5.56 Å². The second-order valence-corrected chi connectivity index (χ2v) is 6.70. The Morgan fingerprint density at radius 2 is 2.22 bits per heavy atom. The average molecular weight is 323 g/mol. The lowest BCUT2D eigenvalue weighted by molar-refractivity contribution is 0.0951. The van der Waals surface area contributed by atoms with E-state index in [-0.39, 0.29) is 11.7 Å². The number of hydrogen-bond donors (Lipinski definition) is 0. The molecule has 1 aliphatic heterocycles. The fourth-order valence-corrected chi connectivity index (χ4v) is 3.66. The van der Waals surface area contributed by atoms with Crippen molar-refractivity contribution < 1.29 is 9.53 Å². The van der Waals surface area contributed by atoms with Crippen molar-refractivity contribution in [3.8, 4) is 5.75 Å². The van der Waals surface area contributed by atoms with E-state index >= 15 is 0 Å². The van der Waals surface area contributed by atoms with Crippen LogP contribution in [0.3, 0.4) is 0 Å². The lowest BCUT2D eigenvalue weighted by atomic mass is 9.96. The highest BCUT2D eigenvalue weighted by atomic mass is 79.9. The third-order valence-electron chi connectivity index (χ3n) is 3.12. The van der Waals surface area contributed by atoms with E-state index in [0.717, 1.165) is 25.5 Å². The fraction of sp³-hybridized carbons (Fsp3) is 0.214. The van der Waals surface area contributed by atoms with Gasteiger partial charge >= 0.3 is 0 Å². The Morgan fingerprint density at radius 1 is 1.44 bits per heavy atom. The van der Waals surface area contributed by atoms with E-state index in [1.807, 2.05) is 37.3 Å². The third kappa shape index (κ3) is 1.89. The number of ether oxygens (including phenoxy) is 1. The maximum atomic E-state index is 12.5. The molecule has 0 aliphatic carbocycles. The van der Waals surface area contributed by atoms with Gasteiger partial charge in [-0.05, 0) is 40.5 Å². The highest BCUT2D eigenvalue weighted by molar-refractivity contribution is 9.11. The summed E-state index contributed by atoms with van der Waals surface area (Å²) in [6.07, 6.45) is 0. The van der Waals surface area contributed by atoms with Crippen LogP contribution in [0.15, 0.2) is 34.1 Å². The Bertz CT molecular complexity index is 599. The number of ketones is 1. The number of halogens is 1. The zero-order chi connectivity index (χ0) is 12.7. The molecule has 0 N–H and O–H groups in total. The van der Waals surface area contributed by atoms with Crippen molar-refractivity contribution in [2.45, 2.75) is 12.8 Å². The monoisotopic (exact) mass is 322 g/mol. The van der Waals surface area contributed by atoms with Crippen LogP contribution in [0.5, 0.6) is 5.75 Å². The van der Waals surface area contributed by atoms with Crippen LogP contribution in [-0.2, 0) is 0 Å². The summed E-state index contributed by atoms with van der Waals surface area (Å²) in [4.78, 5) is 13.3. The summed E-state index contributed by atoms with van der Waals surface area (Å²) < 4.78 is 6.59. The van der Waals surface area contributed by atoms with Crippen molar-refractivity contribution in [1.82, 2.24) is 0 Å². The number of benzene rings is 1. The van der Waals surface area contributed by atoms with Gasteiger partial charge in [-0.1, -0.05) is 18.2 Å². The topological polar surface area (TPSA) is 26.3 Å². The standard InChI is InChI=1S/C14H11BrO2S/c1-8-6-12(18-14(8)15)13(16)10-7-17-11-5-3-2-4-9(10)11/h2-6,10H,7H2,1H3. The first-order valence-corrected chi connectivity index (χ1v) is 7.29. The quantitative estimate of drug-likeness (QED) is 0.775. The largest absolute Gasteiger partial charge is 0.492 e. The van der Waals surface area contributed by atoms with Crippen LogP contribution in [0.25, 0.3) is 0 Å². The van der Waals surface area contributed by atoms with Crippen LogP contribution >= 0.6 is 27.3 Å². The molecule has 1 unspecified atom stereocenters. The molecule has 2 nitrogen and oxygen atoms in total. The van der Waals surface area contributed by atoms with Crippen molar-refractivity contribution >= 4 is 33.0 Å². The van der Waals surface area contributed by atoms with Gasteiger partial charge in [0.05, 0.1) is 14.6 Å². The molecule has 0 bridgehead atoms. The van der Waals surface area contributed by atoms with E-state index in [2.05, 4.69) is 15.9 Å². The summed E-state index contributed by atoms with van der Waals surface area (Å²) in [5.74, 6) is 0.827. The molecule has 0 fully saturated rings. The van der Waals surface area contributed by atoms with E-state index in [1.165, 1.54) is 11.3 Å². The maximum Gasteiger partial charge on any atom is 0.183 e. The SMILES string of the molecule is Cc1cc(C(=O)C2COc3ccccc32)sc1Br. The number of Topliss-reactive ketones (excluding diaryl/α,β-unsaturated/α-hetero) is 1. The molecule has 0 saturated carbocycles. The van der Waals surface area contributed by atoms with Crippen LogP contribution in [0.2, 0.25) is 0 Å². The lowest BCUT2D eigenvalue weighted by Gasteiger charge is -2.05. The van der Waals surface area contributed by atoms with Gasteiger partial charge in [-0.15, -0.1) is 11.3 Å². The highest BCUT2D eigenvalue weighted by Crippen LogP contribution is 2.38. The molecule has 2 aromatic rings. The number of carbonyl (C=O) groups is 1. The number of para-hydroxylation sites is 1. The number of aryl methyl sites for hydroxylation is 1. The number of thiophene rings is 1. The normalized spacial score (nSPS) is 17.3. The number of carbonyl (C=O) groups excluding carboxylic acids is 1. The van der Waals surface area contributed by atoms with Crippen molar-refractivity contribution in [3.05, 3.63) is 50.1 Å². The van der Waals surface area contributed by atoms with Gasteiger partial charge < -0.3 is 4.74 Å². The zero-order valence-electron chi connectivity index (χ0n) is 9.77. The van der Waals surface area contributed by atoms with Crippen LogP contribution < -0.4 is 4.74 Å². The van der Waals surface area contributed by atoms with Crippen LogP contribution in [0, 0.1) is 6.92 Å². The van der Waals surface area contributed by atoms with Gasteiger partial charge in [-0.2, -0.15) is 0 Å². The molecular weight excluding hydrogens is 312 g/mol. The van der Waals surface area contributed by atoms with Crippen molar-refractivity contribution in [1.29, 1.82) is 0 Å². The van der Waals surface area contributed by atoms with Crippen molar-refractivity contribution in [2.75, 3.05) is 6.61 Å². The molecule has 2 heterocycles. The predicted octanol–water partition coefficient (Wildman–Crippen LogP) is 4.18. The second-order valence-electron chi connectivity index (χ2n) is 4.33. The van der Waals surface area contributed by atoms with Crippen molar-refractivity contribution in [2.24, 2.45) is 0 Å². The van der Waals surface area contributed by atoms with E-state index in [4.69, 9.17) is 4.74 Å². The van der Waals surface area contributed by atoms with E-state index in [1.54, 1.807) is 0 Å². The summed E-state index contributed by atoms with van der Waals surface area (Å²) in [5.41, 5.74) is 2.11. The molecule has 3 rings (SSSR count). The highest BCUT2D eigenvalue weighted by Gasteiger charge is 2.31. The third-order valence-corrected chi connectivity index (χ3v) is 5.27. The first-order chi connectivity index (χ1) is 8.66. The molecule has 0 spiro atoms. The van der Waals surface area contributed by atoms with Gasteiger partial charge in [0.2, 0.25) is 0 Å². The van der Waals surface area contributed by atoms with Gasteiger partial charge in [-0.3, -0.25) is 4.79 Å². The molecular formula is C14H11BrO2S. The van der Waals surface area contributed by atoms with Crippen LogP contribution in [-0.4, -0.2) is 12.4 Å². The second kappa shape index (κ2) is 4.52. The molecule has 0 radical (unpaired) electrons. The zero-order valence-corrected chi connectivity index (χ0v) is 12.2. The Balaban J connectivity index is 1.95. The van der Waals surface area contributed by atoms with E-state index in [9.17, 15) is 4.79 Å². The molecule has 0 amide bonds. The van der Waals surface area contributed by atoms with Gasteiger partial charge in [-0.25, -0.2) is 0 Å². The Morgan fingerprint density at radius 3 is 2.94 bits per heavy atom. The minimum Gasteiger partial charge on any atom is -0.492 e. The molecule has 1 aliphatic rings. The molecule has 92 valence electrons. The minimum absolute atomic E-state index is 0.152. The number of fused-ring (bicyclic) bond motifs is 1. The number of hydrogen-bond acceptors (Lipinski definition) is 3. The van der Waals surface area contributed by atoms with Crippen LogP contribution in [0.1, 0.15) is 26.7 Å². The molecule has 1 aromatic heterocycles. The van der Waals surface area contributed by atoms with Crippen molar-refractivity contribution in [3.63, 3.8) is 0 Å².